The molecule has 0 heterocycles. The van der Waals surface area contributed by atoms with E-state index in [-0.39, 0.29) is 5.97 Å². The van der Waals surface area contributed by atoms with Gasteiger partial charge < -0.3 is 4.74 Å². The fourth-order valence-corrected chi connectivity index (χ4v) is 10.6. The van der Waals surface area contributed by atoms with Crippen LogP contribution in [0.5, 0.6) is 0 Å². The van der Waals surface area contributed by atoms with Gasteiger partial charge in [-0.25, -0.2) is 4.79 Å². The lowest BCUT2D eigenvalue weighted by atomic mass is 9.44. The van der Waals surface area contributed by atoms with Gasteiger partial charge in [-0.15, -0.1) is 0 Å². The molecule has 0 amide bonds. The standard InChI is InChI=1S/C38H58O2/c1-6-7-13-29-15-17-30(18-16-29)36(39)40-26-27(2)11-10-12-28(3)33-21-22-34-32-20-19-31-14-8-9-24-37(31,4)35(32)23-25-38(33,34)5/h15-18,26,28,31-35H,6-14,19-25H2,1-5H3/t28-,31?,32+,33-,34+,35+,37+,38-/m1/s1. The highest BCUT2D eigenvalue weighted by Gasteiger charge is 2.60. The first-order valence-electron chi connectivity index (χ1n) is 17.2. The molecule has 0 aromatic heterocycles. The van der Waals surface area contributed by atoms with E-state index >= 15 is 0 Å². The Hall–Kier alpha value is -1.57. The van der Waals surface area contributed by atoms with Crippen LogP contribution in [0.2, 0.25) is 0 Å². The average Bonchev–Trinajstić information content (AvgIpc) is 3.32. The Morgan fingerprint density at radius 1 is 0.950 bits per heavy atom. The van der Waals surface area contributed by atoms with E-state index in [1.165, 1.54) is 101 Å². The number of fused-ring (bicyclic) bond motifs is 5. The van der Waals surface area contributed by atoms with Gasteiger partial charge in [-0.2, -0.15) is 0 Å². The molecule has 2 heteroatoms. The van der Waals surface area contributed by atoms with Crippen LogP contribution in [-0.2, 0) is 11.2 Å². The van der Waals surface area contributed by atoms with Crippen molar-refractivity contribution in [3.8, 4) is 0 Å². The van der Waals surface area contributed by atoms with Gasteiger partial charge in [-0.05, 0) is 154 Å². The number of rotatable bonds is 10. The second-order valence-corrected chi connectivity index (χ2v) is 15.2. The largest absolute Gasteiger partial charge is 0.431 e. The summed E-state index contributed by atoms with van der Waals surface area (Å²) >= 11 is 0. The van der Waals surface area contributed by atoms with Crippen molar-refractivity contribution in [2.24, 2.45) is 46.3 Å². The van der Waals surface area contributed by atoms with Crippen LogP contribution in [0.1, 0.15) is 147 Å². The predicted octanol–water partition coefficient (Wildman–Crippen LogP) is 10.9. The van der Waals surface area contributed by atoms with Crippen molar-refractivity contribution in [3.63, 3.8) is 0 Å². The monoisotopic (exact) mass is 546 g/mol. The minimum absolute atomic E-state index is 0.244. The number of ether oxygens (including phenoxy) is 1. The zero-order valence-electron chi connectivity index (χ0n) is 26.5. The summed E-state index contributed by atoms with van der Waals surface area (Å²) in [6.45, 7) is 12.3. The predicted molar refractivity (Wildman–Crippen MR) is 167 cm³/mol. The Labute approximate surface area is 246 Å². The second kappa shape index (κ2) is 12.7. The first-order chi connectivity index (χ1) is 19.3. The molecular formula is C38H58O2. The summed E-state index contributed by atoms with van der Waals surface area (Å²) in [6, 6.07) is 7.93. The molecule has 0 bridgehead atoms. The number of carbonyl (C=O) groups excluding carboxylic acids is 1. The highest BCUT2D eigenvalue weighted by molar-refractivity contribution is 5.89. The van der Waals surface area contributed by atoms with Crippen LogP contribution in [0.15, 0.2) is 36.1 Å². The van der Waals surface area contributed by atoms with Gasteiger partial charge in [0.15, 0.2) is 0 Å². The molecule has 5 rings (SSSR count). The highest BCUT2D eigenvalue weighted by Crippen LogP contribution is 2.68. The molecule has 4 fully saturated rings. The molecule has 8 atom stereocenters. The molecule has 0 aliphatic heterocycles. The van der Waals surface area contributed by atoms with Crippen LogP contribution in [0.3, 0.4) is 0 Å². The molecule has 40 heavy (non-hydrogen) atoms. The molecule has 2 nitrogen and oxygen atoms in total. The molecule has 4 aliphatic rings. The minimum atomic E-state index is -0.244. The van der Waals surface area contributed by atoms with Crippen molar-refractivity contribution in [1.29, 1.82) is 0 Å². The molecular weight excluding hydrogens is 488 g/mol. The van der Waals surface area contributed by atoms with Crippen LogP contribution in [-0.4, -0.2) is 5.97 Å². The lowest BCUT2D eigenvalue weighted by molar-refractivity contribution is -0.114. The first kappa shape index (κ1) is 29.9. The van der Waals surface area contributed by atoms with E-state index in [9.17, 15) is 4.79 Å². The van der Waals surface area contributed by atoms with Gasteiger partial charge in [0.1, 0.15) is 0 Å². The third kappa shape index (κ3) is 5.98. The lowest BCUT2D eigenvalue weighted by Gasteiger charge is -2.61. The van der Waals surface area contributed by atoms with Crippen molar-refractivity contribution in [2.75, 3.05) is 0 Å². The Morgan fingerprint density at radius 2 is 1.73 bits per heavy atom. The van der Waals surface area contributed by atoms with Gasteiger partial charge in [0, 0.05) is 0 Å². The SMILES string of the molecule is CCCCc1ccc(C(=O)OC=C(C)CCC[C@@H](C)[C@H]2CC[C@H]3[C@@H]4CCC5CCCC[C@]5(C)[C@H]4CC[C@]23C)cc1. The third-order valence-electron chi connectivity index (χ3n) is 12.9. The van der Waals surface area contributed by atoms with Crippen molar-refractivity contribution >= 4 is 5.97 Å². The van der Waals surface area contributed by atoms with Crippen molar-refractivity contribution in [2.45, 2.75) is 137 Å². The number of aryl methyl sites for hydroxylation is 1. The summed E-state index contributed by atoms with van der Waals surface area (Å²) in [5.41, 5.74) is 4.32. The molecule has 0 radical (unpaired) electrons. The van der Waals surface area contributed by atoms with E-state index in [2.05, 4.69) is 46.8 Å². The van der Waals surface area contributed by atoms with Gasteiger partial charge >= 0.3 is 5.97 Å². The maximum absolute atomic E-state index is 12.5. The summed E-state index contributed by atoms with van der Waals surface area (Å²) in [5.74, 6) is 5.43. The summed E-state index contributed by atoms with van der Waals surface area (Å²) in [6.07, 6.45) is 23.6. The lowest BCUT2D eigenvalue weighted by Crippen LogP contribution is -2.53. The zero-order valence-corrected chi connectivity index (χ0v) is 26.5. The number of carbonyl (C=O) groups is 1. The maximum Gasteiger partial charge on any atom is 0.342 e. The van der Waals surface area contributed by atoms with E-state index in [4.69, 9.17) is 4.74 Å². The minimum Gasteiger partial charge on any atom is -0.431 e. The summed E-state index contributed by atoms with van der Waals surface area (Å²) in [5, 5.41) is 0. The quantitative estimate of drug-likeness (QED) is 0.215. The maximum atomic E-state index is 12.5. The summed E-state index contributed by atoms with van der Waals surface area (Å²) in [4.78, 5) is 12.5. The Morgan fingerprint density at radius 3 is 2.50 bits per heavy atom. The molecule has 222 valence electrons. The van der Waals surface area contributed by atoms with E-state index in [1.54, 1.807) is 6.26 Å². The Balaban J connectivity index is 1.10. The average molecular weight is 547 g/mol. The van der Waals surface area contributed by atoms with Crippen LogP contribution >= 0.6 is 0 Å². The normalized spacial score (nSPS) is 36.3. The summed E-state index contributed by atoms with van der Waals surface area (Å²) < 4.78 is 5.55. The smallest absolute Gasteiger partial charge is 0.342 e. The van der Waals surface area contributed by atoms with E-state index in [0.29, 0.717) is 16.4 Å². The van der Waals surface area contributed by atoms with Crippen LogP contribution in [0.4, 0.5) is 0 Å². The molecule has 0 spiro atoms. The number of allylic oxidation sites excluding steroid dienone is 1. The van der Waals surface area contributed by atoms with Gasteiger partial charge in [-0.1, -0.05) is 65.5 Å². The first-order valence-corrected chi connectivity index (χ1v) is 17.2. The molecule has 4 aliphatic carbocycles. The van der Waals surface area contributed by atoms with Gasteiger partial charge in [0.05, 0.1) is 11.8 Å². The number of hydrogen-bond donors (Lipinski definition) is 0. The number of hydrogen-bond acceptors (Lipinski definition) is 2. The molecule has 0 N–H and O–H groups in total. The Bertz CT molecular complexity index is 1020. The zero-order chi connectivity index (χ0) is 28.3. The summed E-state index contributed by atoms with van der Waals surface area (Å²) in [7, 11) is 0. The van der Waals surface area contributed by atoms with Crippen LogP contribution in [0.25, 0.3) is 0 Å². The fourth-order valence-electron chi connectivity index (χ4n) is 10.6. The van der Waals surface area contributed by atoms with Crippen molar-refractivity contribution in [1.82, 2.24) is 0 Å². The molecule has 1 aromatic rings. The third-order valence-corrected chi connectivity index (χ3v) is 12.9. The van der Waals surface area contributed by atoms with Crippen LogP contribution < -0.4 is 0 Å². The van der Waals surface area contributed by atoms with Crippen LogP contribution in [0, 0.1) is 46.3 Å². The topological polar surface area (TPSA) is 26.3 Å². The Kier molecular flexibility index (Phi) is 9.53. The number of esters is 1. The van der Waals surface area contributed by atoms with E-state index in [0.717, 1.165) is 48.3 Å². The highest BCUT2D eigenvalue weighted by atomic mass is 16.5. The molecule has 4 saturated carbocycles. The molecule has 1 unspecified atom stereocenters. The van der Waals surface area contributed by atoms with Gasteiger partial charge in [0.2, 0.25) is 0 Å². The number of unbranched alkanes of at least 4 members (excludes halogenated alkanes) is 1. The molecule has 0 saturated heterocycles. The molecule has 1 aromatic carbocycles. The van der Waals surface area contributed by atoms with E-state index < -0.39 is 0 Å². The van der Waals surface area contributed by atoms with Crippen molar-refractivity contribution < 1.29 is 9.53 Å². The van der Waals surface area contributed by atoms with E-state index in [1.807, 2.05) is 12.1 Å². The number of benzene rings is 1. The fraction of sp³-hybridized carbons (Fsp3) is 0.763. The van der Waals surface area contributed by atoms with Gasteiger partial charge in [0.25, 0.3) is 0 Å². The van der Waals surface area contributed by atoms with Gasteiger partial charge in [-0.3, -0.25) is 0 Å². The van der Waals surface area contributed by atoms with Crippen molar-refractivity contribution in [3.05, 3.63) is 47.2 Å². The second-order valence-electron chi connectivity index (χ2n) is 15.2.